The van der Waals surface area contributed by atoms with E-state index in [0.29, 0.717) is 11.6 Å². The third-order valence-electron chi connectivity index (χ3n) is 2.67. The largest absolute Gasteiger partial charge is 0.488 e. The zero-order valence-corrected chi connectivity index (χ0v) is 13.5. The summed E-state index contributed by atoms with van der Waals surface area (Å²) < 4.78 is 6.63. The summed E-state index contributed by atoms with van der Waals surface area (Å²) in [5.74, 6) is 1.65. The summed E-state index contributed by atoms with van der Waals surface area (Å²) in [6.45, 7) is 3.53. The summed E-state index contributed by atoms with van der Waals surface area (Å²) in [4.78, 5) is 4.27. The Hall–Kier alpha value is -1.26. The van der Waals surface area contributed by atoms with Gasteiger partial charge in [-0.1, -0.05) is 18.5 Å². The Labute approximate surface area is 132 Å². The molecule has 1 N–H and O–H groups in total. The van der Waals surface area contributed by atoms with Gasteiger partial charge in [-0.15, -0.1) is 0 Å². The van der Waals surface area contributed by atoms with E-state index in [2.05, 4.69) is 33.2 Å². The van der Waals surface area contributed by atoms with Crippen molar-refractivity contribution in [3.8, 4) is 5.75 Å². The number of rotatable bonds is 6. The number of aromatic nitrogens is 1. The van der Waals surface area contributed by atoms with E-state index in [9.17, 15) is 0 Å². The van der Waals surface area contributed by atoms with Gasteiger partial charge in [-0.25, -0.2) is 4.98 Å². The predicted octanol–water partition coefficient (Wildman–Crippen LogP) is 4.90. The minimum Gasteiger partial charge on any atom is -0.488 e. The number of benzene rings is 1. The van der Waals surface area contributed by atoms with Crippen molar-refractivity contribution in [2.75, 3.05) is 11.9 Å². The van der Waals surface area contributed by atoms with Crippen LogP contribution < -0.4 is 10.1 Å². The van der Waals surface area contributed by atoms with Crippen molar-refractivity contribution in [3.05, 3.63) is 51.6 Å². The average Bonchev–Trinajstić information content (AvgIpc) is 2.45. The summed E-state index contributed by atoms with van der Waals surface area (Å²) in [6, 6.07) is 9.42. The standard InChI is InChI=1S/C15H16BrClN2O/c1-2-6-18-15-8-11(5-7-19-15)10-20-14-4-3-12(17)9-13(14)16/h3-5,7-9H,2,6,10H2,1H3,(H,18,19). The first-order chi connectivity index (χ1) is 9.69. The van der Waals surface area contributed by atoms with Gasteiger partial charge in [0.05, 0.1) is 4.47 Å². The number of hydrogen-bond donors (Lipinski definition) is 1. The Morgan fingerprint density at radius 3 is 2.90 bits per heavy atom. The highest BCUT2D eigenvalue weighted by Crippen LogP contribution is 2.28. The van der Waals surface area contributed by atoms with Gasteiger partial charge >= 0.3 is 0 Å². The van der Waals surface area contributed by atoms with Gasteiger partial charge in [0, 0.05) is 17.8 Å². The Bertz CT molecular complexity index is 578. The maximum atomic E-state index is 5.90. The minimum atomic E-state index is 0.490. The van der Waals surface area contributed by atoms with Gasteiger partial charge < -0.3 is 10.1 Å². The first kappa shape index (κ1) is 15.1. The second-order valence-electron chi connectivity index (χ2n) is 4.34. The molecule has 0 bridgehead atoms. The number of hydrogen-bond acceptors (Lipinski definition) is 3. The van der Waals surface area contributed by atoms with Crippen LogP contribution in [0.3, 0.4) is 0 Å². The molecule has 106 valence electrons. The van der Waals surface area contributed by atoms with Crippen LogP contribution in [0.4, 0.5) is 5.82 Å². The second kappa shape index (κ2) is 7.50. The van der Waals surface area contributed by atoms with E-state index in [1.165, 1.54) is 0 Å². The molecule has 0 aliphatic carbocycles. The third-order valence-corrected chi connectivity index (χ3v) is 3.52. The Balaban J connectivity index is 1.99. The Morgan fingerprint density at radius 2 is 2.15 bits per heavy atom. The van der Waals surface area contributed by atoms with Crippen LogP contribution in [0.2, 0.25) is 5.02 Å². The van der Waals surface area contributed by atoms with Crippen molar-refractivity contribution in [2.24, 2.45) is 0 Å². The summed E-state index contributed by atoms with van der Waals surface area (Å²) in [5.41, 5.74) is 1.07. The molecule has 0 saturated carbocycles. The summed E-state index contributed by atoms with van der Waals surface area (Å²) in [6.07, 6.45) is 2.85. The van der Waals surface area contributed by atoms with Crippen molar-refractivity contribution in [1.29, 1.82) is 0 Å². The lowest BCUT2D eigenvalue weighted by atomic mass is 10.2. The zero-order valence-electron chi connectivity index (χ0n) is 11.2. The molecule has 5 heteroatoms. The van der Waals surface area contributed by atoms with E-state index in [1.54, 1.807) is 6.20 Å². The van der Waals surface area contributed by atoms with Gasteiger partial charge in [0.15, 0.2) is 0 Å². The van der Waals surface area contributed by atoms with Crippen molar-refractivity contribution < 1.29 is 4.74 Å². The first-order valence-electron chi connectivity index (χ1n) is 6.45. The molecule has 0 atom stereocenters. The van der Waals surface area contributed by atoms with Crippen molar-refractivity contribution in [3.63, 3.8) is 0 Å². The molecule has 0 radical (unpaired) electrons. The first-order valence-corrected chi connectivity index (χ1v) is 7.63. The molecule has 1 aromatic heterocycles. The SMILES string of the molecule is CCCNc1cc(COc2ccc(Cl)cc2Br)ccn1. The van der Waals surface area contributed by atoms with E-state index in [1.807, 2.05) is 30.3 Å². The number of nitrogens with zero attached hydrogens (tertiary/aromatic N) is 1. The molecule has 0 saturated heterocycles. The lowest BCUT2D eigenvalue weighted by Gasteiger charge is -2.10. The fourth-order valence-corrected chi connectivity index (χ4v) is 2.46. The second-order valence-corrected chi connectivity index (χ2v) is 5.63. The molecule has 3 nitrogen and oxygen atoms in total. The van der Waals surface area contributed by atoms with E-state index in [4.69, 9.17) is 16.3 Å². The molecule has 0 amide bonds. The highest BCUT2D eigenvalue weighted by atomic mass is 79.9. The monoisotopic (exact) mass is 354 g/mol. The highest BCUT2D eigenvalue weighted by molar-refractivity contribution is 9.10. The van der Waals surface area contributed by atoms with Crippen molar-refractivity contribution in [2.45, 2.75) is 20.0 Å². The summed E-state index contributed by atoms with van der Waals surface area (Å²) >= 11 is 9.34. The molecule has 1 heterocycles. The minimum absolute atomic E-state index is 0.490. The molecule has 0 unspecified atom stereocenters. The van der Waals surface area contributed by atoms with Crippen LogP contribution >= 0.6 is 27.5 Å². The molecule has 2 aromatic rings. The number of nitrogens with one attached hydrogen (secondary N) is 1. The van der Waals surface area contributed by atoms with Crippen molar-refractivity contribution in [1.82, 2.24) is 4.98 Å². The average molecular weight is 356 g/mol. The van der Waals surface area contributed by atoms with Gasteiger partial charge in [0.2, 0.25) is 0 Å². The van der Waals surface area contributed by atoms with Crippen LogP contribution in [-0.4, -0.2) is 11.5 Å². The maximum Gasteiger partial charge on any atom is 0.134 e. The fourth-order valence-electron chi connectivity index (χ4n) is 1.67. The van der Waals surface area contributed by atoms with E-state index >= 15 is 0 Å². The summed E-state index contributed by atoms with van der Waals surface area (Å²) in [5, 5.41) is 3.94. The van der Waals surface area contributed by atoms with Gasteiger partial charge in [-0.2, -0.15) is 0 Å². The van der Waals surface area contributed by atoms with Crippen LogP contribution in [0, 0.1) is 0 Å². The molecular formula is C15H16BrClN2O. The number of anilines is 1. The van der Waals surface area contributed by atoms with Gasteiger partial charge in [-0.3, -0.25) is 0 Å². The molecule has 0 fully saturated rings. The third kappa shape index (κ3) is 4.39. The van der Waals surface area contributed by atoms with Crippen LogP contribution in [0.15, 0.2) is 41.0 Å². The molecule has 1 aromatic carbocycles. The van der Waals surface area contributed by atoms with Gasteiger partial charge in [0.1, 0.15) is 18.2 Å². The van der Waals surface area contributed by atoms with Crippen LogP contribution in [0.25, 0.3) is 0 Å². The normalized spacial score (nSPS) is 10.3. The topological polar surface area (TPSA) is 34.1 Å². The van der Waals surface area contributed by atoms with Crippen LogP contribution in [0.5, 0.6) is 5.75 Å². The van der Waals surface area contributed by atoms with Crippen molar-refractivity contribution >= 4 is 33.3 Å². The van der Waals surface area contributed by atoms with E-state index < -0.39 is 0 Å². The predicted molar refractivity (Wildman–Crippen MR) is 86.5 cm³/mol. The molecule has 0 aliphatic heterocycles. The maximum absolute atomic E-state index is 5.90. The van der Waals surface area contributed by atoms with E-state index in [-0.39, 0.29) is 0 Å². The van der Waals surface area contributed by atoms with E-state index in [0.717, 1.165) is 34.6 Å². The number of halogens is 2. The quantitative estimate of drug-likeness (QED) is 0.800. The summed E-state index contributed by atoms with van der Waals surface area (Å²) in [7, 11) is 0. The Kier molecular flexibility index (Phi) is 5.68. The lowest BCUT2D eigenvalue weighted by molar-refractivity contribution is 0.304. The number of pyridine rings is 1. The number of ether oxygens (including phenoxy) is 1. The van der Waals surface area contributed by atoms with Gasteiger partial charge in [0.25, 0.3) is 0 Å². The Morgan fingerprint density at radius 1 is 1.30 bits per heavy atom. The molecular weight excluding hydrogens is 340 g/mol. The van der Waals surface area contributed by atoms with Crippen LogP contribution in [-0.2, 0) is 6.61 Å². The smallest absolute Gasteiger partial charge is 0.134 e. The van der Waals surface area contributed by atoms with Crippen LogP contribution in [0.1, 0.15) is 18.9 Å². The highest BCUT2D eigenvalue weighted by Gasteiger charge is 2.03. The molecule has 2 rings (SSSR count). The molecule has 0 spiro atoms. The fraction of sp³-hybridized carbons (Fsp3) is 0.267. The zero-order chi connectivity index (χ0) is 14.4. The molecule has 20 heavy (non-hydrogen) atoms. The lowest BCUT2D eigenvalue weighted by Crippen LogP contribution is -2.03. The van der Waals surface area contributed by atoms with Gasteiger partial charge in [-0.05, 0) is 58.2 Å². The molecule has 0 aliphatic rings.